The highest BCUT2D eigenvalue weighted by molar-refractivity contribution is 5.80. The van der Waals surface area contributed by atoms with Crippen molar-refractivity contribution in [2.45, 2.75) is 71.9 Å². The Kier molecular flexibility index (Phi) is 7.44. The van der Waals surface area contributed by atoms with Crippen LogP contribution in [0.1, 0.15) is 60.3 Å². The van der Waals surface area contributed by atoms with E-state index in [0.717, 1.165) is 18.8 Å². The predicted octanol–water partition coefficient (Wildman–Crippen LogP) is 3.13. The standard InChI is InChI=1S/C14H29NO2/c1-11(2)9-7-8-10-14(5,13(16)17-6)15-12(3)4/h11-12,15H,7-10H2,1-6H3. The van der Waals surface area contributed by atoms with Gasteiger partial charge in [0.05, 0.1) is 7.11 Å². The number of carbonyl (C=O) groups is 1. The summed E-state index contributed by atoms with van der Waals surface area (Å²) in [5, 5.41) is 3.32. The molecule has 3 nitrogen and oxygen atoms in total. The number of esters is 1. The average molecular weight is 243 g/mol. The van der Waals surface area contributed by atoms with E-state index in [1.807, 2.05) is 6.92 Å². The van der Waals surface area contributed by atoms with Gasteiger partial charge in [-0.2, -0.15) is 0 Å². The third-order valence-electron chi connectivity index (χ3n) is 2.95. The van der Waals surface area contributed by atoms with Crippen molar-refractivity contribution in [1.82, 2.24) is 5.32 Å². The first-order valence-electron chi connectivity index (χ1n) is 6.68. The van der Waals surface area contributed by atoms with Crippen LogP contribution in [0.3, 0.4) is 0 Å². The van der Waals surface area contributed by atoms with Gasteiger partial charge in [0.1, 0.15) is 5.54 Å². The molecule has 0 saturated carbocycles. The van der Waals surface area contributed by atoms with Crippen LogP contribution in [0.25, 0.3) is 0 Å². The first-order valence-corrected chi connectivity index (χ1v) is 6.68. The van der Waals surface area contributed by atoms with Crippen molar-refractivity contribution in [3.63, 3.8) is 0 Å². The lowest BCUT2D eigenvalue weighted by atomic mass is 9.92. The summed E-state index contributed by atoms with van der Waals surface area (Å²) in [5.41, 5.74) is -0.542. The van der Waals surface area contributed by atoms with Crippen molar-refractivity contribution in [3.05, 3.63) is 0 Å². The van der Waals surface area contributed by atoms with Crippen LogP contribution in [0.2, 0.25) is 0 Å². The molecule has 0 aliphatic rings. The van der Waals surface area contributed by atoms with Crippen LogP contribution in [-0.2, 0) is 9.53 Å². The van der Waals surface area contributed by atoms with Gasteiger partial charge in [0, 0.05) is 6.04 Å². The summed E-state index contributed by atoms with van der Waals surface area (Å²) < 4.78 is 4.89. The molecule has 0 aromatic carbocycles. The maximum atomic E-state index is 11.8. The first kappa shape index (κ1) is 16.4. The van der Waals surface area contributed by atoms with Gasteiger partial charge in [0.25, 0.3) is 0 Å². The van der Waals surface area contributed by atoms with Gasteiger partial charge >= 0.3 is 5.97 Å². The van der Waals surface area contributed by atoms with Gasteiger partial charge < -0.3 is 4.74 Å². The molecule has 0 amide bonds. The lowest BCUT2D eigenvalue weighted by molar-refractivity contribution is -0.148. The van der Waals surface area contributed by atoms with Gasteiger partial charge in [-0.1, -0.05) is 33.1 Å². The van der Waals surface area contributed by atoms with Crippen LogP contribution in [0.15, 0.2) is 0 Å². The van der Waals surface area contributed by atoms with E-state index >= 15 is 0 Å². The molecule has 0 heterocycles. The van der Waals surface area contributed by atoms with E-state index in [4.69, 9.17) is 4.74 Å². The Balaban J connectivity index is 4.24. The van der Waals surface area contributed by atoms with Gasteiger partial charge in [0.2, 0.25) is 0 Å². The normalized spacial score (nSPS) is 15.1. The highest BCUT2D eigenvalue weighted by Gasteiger charge is 2.33. The van der Waals surface area contributed by atoms with Crippen molar-refractivity contribution < 1.29 is 9.53 Å². The molecule has 0 saturated heterocycles. The molecule has 0 fully saturated rings. The van der Waals surface area contributed by atoms with Crippen LogP contribution in [-0.4, -0.2) is 24.7 Å². The molecule has 0 aliphatic carbocycles. The number of hydrogen-bond acceptors (Lipinski definition) is 3. The minimum Gasteiger partial charge on any atom is -0.468 e. The molecule has 102 valence electrons. The molecule has 0 rings (SSSR count). The average Bonchev–Trinajstić information content (AvgIpc) is 2.22. The van der Waals surface area contributed by atoms with Crippen molar-refractivity contribution >= 4 is 5.97 Å². The van der Waals surface area contributed by atoms with Crippen LogP contribution in [0.4, 0.5) is 0 Å². The van der Waals surface area contributed by atoms with Gasteiger partial charge in [-0.25, -0.2) is 0 Å². The molecule has 1 unspecified atom stereocenters. The second-order valence-electron chi connectivity index (χ2n) is 5.76. The molecule has 0 radical (unpaired) electrons. The maximum Gasteiger partial charge on any atom is 0.325 e. The number of nitrogens with one attached hydrogen (secondary N) is 1. The fourth-order valence-electron chi connectivity index (χ4n) is 2.13. The Morgan fingerprint density at radius 3 is 2.24 bits per heavy atom. The SMILES string of the molecule is COC(=O)C(C)(CCCCC(C)C)NC(C)C. The molecule has 0 spiro atoms. The Morgan fingerprint density at radius 1 is 1.24 bits per heavy atom. The number of methoxy groups -OCH3 is 1. The monoisotopic (exact) mass is 243 g/mol. The summed E-state index contributed by atoms with van der Waals surface area (Å²) in [7, 11) is 1.46. The smallest absolute Gasteiger partial charge is 0.325 e. The van der Waals surface area contributed by atoms with E-state index in [0.29, 0.717) is 0 Å². The van der Waals surface area contributed by atoms with E-state index in [1.165, 1.54) is 20.0 Å². The van der Waals surface area contributed by atoms with E-state index < -0.39 is 5.54 Å². The van der Waals surface area contributed by atoms with Gasteiger partial charge in [-0.3, -0.25) is 10.1 Å². The Hall–Kier alpha value is -0.570. The highest BCUT2D eigenvalue weighted by Crippen LogP contribution is 2.19. The van der Waals surface area contributed by atoms with Crippen molar-refractivity contribution in [2.75, 3.05) is 7.11 Å². The van der Waals surface area contributed by atoms with Gasteiger partial charge in [0.15, 0.2) is 0 Å². The summed E-state index contributed by atoms with van der Waals surface area (Å²) in [6.07, 6.45) is 4.29. The topological polar surface area (TPSA) is 38.3 Å². The van der Waals surface area contributed by atoms with Crippen LogP contribution in [0.5, 0.6) is 0 Å². The first-order chi connectivity index (χ1) is 7.81. The zero-order valence-corrected chi connectivity index (χ0v) is 12.3. The van der Waals surface area contributed by atoms with E-state index in [9.17, 15) is 4.79 Å². The lowest BCUT2D eigenvalue weighted by Crippen LogP contribution is -2.52. The van der Waals surface area contributed by atoms with E-state index in [2.05, 4.69) is 33.0 Å². The Bertz CT molecular complexity index is 226. The van der Waals surface area contributed by atoms with Crippen molar-refractivity contribution in [1.29, 1.82) is 0 Å². The zero-order valence-electron chi connectivity index (χ0n) is 12.3. The van der Waals surface area contributed by atoms with Crippen LogP contribution >= 0.6 is 0 Å². The number of ether oxygens (including phenoxy) is 1. The van der Waals surface area contributed by atoms with E-state index in [-0.39, 0.29) is 12.0 Å². The van der Waals surface area contributed by atoms with Gasteiger partial charge in [-0.15, -0.1) is 0 Å². The Labute approximate surface area is 106 Å². The van der Waals surface area contributed by atoms with Gasteiger partial charge in [-0.05, 0) is 33.1 Å². The quantitative estimate of drug-likeness (QED) is 0.526. The number of carbonyl (C=O) groups excluding carboxylic acids is 1. The summed E-state index contributed by atoms with van der Waals surface area (Å²) >= 11 is 0. The molecule has 17 heavy (non-hydrogen) atoms. The molecule has 0 aromatic rings. The van der Waals surface area contributed by atoms with E-state index in [1.54, 1.807) is 0 Å². The Morgan fingerprint density at radius 2 is 1.82 bits per heavy atom. The van der Waals surface area contributed by atoms with Crippen LogP contribution in [0, 0.1) is 5.92 Å². The predicted molar refractivity (Wildman–Crippen MR) is 72.0 cm³/mol. The number of unbranched alkanes of at least 4 members (excludes halogenated alkanes) is 1. The minimum atomic E-state index is -0.542. The fraction of sp³-hybridized carbons (Fsp3) is 0.929. The highest BCUT2D eigenvalue weighted by atomic mass is 16.5. The van der Waals surface area contributed by atoms with Crippen molar-refractivity contribution in [2.24, 2.45) is 5.92 Å². The second kappa shape index (κ2) is 7.70. The fourth-order valence-corrected chi connectivity index (χ4v) is 2.13. The molecule has 1 atom stereocenters. The number of rotatable bonds is 8. The molecular formula is C14H29NO2. The number of hydrogen-bond donors (Lipinski definition) is 1. The third-order valence-corrected chi connectivity index (χ3v) is 2.95. The largest absolute Gasteiger partial charge is 0.468 e. The minimum absolute atomic E-state index is 0.157. The zero-order chi connectivity index (χ0) is 13.5. The molecule has 0 aromatic heterocycles. The molecule has 0 bridgehead atoms. The molecule has 1 N–H and O–H groups in total. The maximum absolute atomic E-state index is 11.8. The van der Waals surface area contributed by atoms with Crippen molar-refractivity contribution in [3.8, 4) is 0 Å². The summed E-state index contributed by atoms with van der Waals surface area (Å²) in [4.78, 5) is 11.8. The lowest BCUT2D eigenvalue weighted by Gasteiger charge is -2.30. The third kappa shape index (κ3) is 6.67. The molecule has 3 heteroatoms. The summed E-state index contributed by atoms with van der Waals surface area (Å²) in [6.45, 7) is 10.5. The second-order valence-corrected chi connectivity index (χ2v) is 5.76. The van der Waals surface area contributed by atoms with Crippen LogP contribution < -0.4 is 5.32 Å². The summed E-state index contributed by atoms with van der Waals surface area (Å²) in [6, 6.07) is 0.282. The summed E-state index contributed by atoms with van der Waals surface area (Å²) in [5.74, 6) is 0.577. The molecule has 0 aliphatic heterocycles. The molecular weight excluding hydrogens is 214 g/mol.